The second-order valence-electron chi connectivity index (χ2n) is 16.1. The maximum atomic E-state index is 6.27. The van der Waals surface area contributed by atoms with E-state index in [1.165, 1.54) is 69.4 Å². The number of benzene rings is 10. The summed E-state index contributed by atoms with van der Waals surface area (Å²) >= 11 is 1.87. The third-order valence-electron chi connectivity index (χ3n) is 12.6. The molecule has 4 heteroatoms. The minimum absolute atomic E-state index is 0.883. The average Bonchev–Trinajstić information content (AvgIpc) is 4.02. The molecule has 0 aliphatic carbocycles. The molecule has 0 atom stereocenters. The molecule has 13 rings (SSSR count). The molecule has 3 nitrogen and oxygen atoms in total. The molecule has 0 fully saturated rings. The highest BCUT2D eigenvalue weighted by atomic mass is 32.1. The lowest BCUT2D eigenvalue weighted by molar-refractivity contribution is 0.669. The van der Waals surface area contributed by atoms with Gasteiger partial charge in [-0.2, -0.15) is 0 Å². The van der Waals surface area contributed by atoms with Gasteiger partial charge >= 0.3 is 0 Å². The van der Waals surface area contributed by atoms with Crippen LogP contribution in [0.1, 0.15) is 0 Å². The van der Waals surface area contributed by atoms with Gasteiger partial charge in [-0.15, -0.1) is 11.3 Å². The SMILES string of the molecule is c1ccc(-n2c3cc(-c4ccc(N(c5ccc(-c6cccc7c6sc6ccccc67)cc5)c5ccc6oc7ccccc7c6c5)cc4)ccc3c3ccc4ccccc4c32)cc1. The molecule has 0 aliphatic rings. The Hall–Kier alpha value is -7.92. The first kappa shape index (κ1) is 34.9. The Morgan fingerprint density at radius 2 is 1.03 bits per heavy atom. The summed E-state index contributed by atoms with van der Waals surface area (Å²) < 4.78 is 11.3. The van der Waals surface area contributed by atoms with E-state index in [9.17, 15) is 0 Å². The number of fused-ring (bicyclic) bond motifs is 11. The van der Waals surface area contributed by atoms with E-state index < -0.39 is 0 Å². The number of hydrogen-bond donors (Lipinski definition) is 0. The zero-order chi connectivity index (χ0) is 40.7. The molecule has 0 bridgehead atoms. The molecule has 10 aromatic carbocycles. The predicted octanol–water partition coefficient (Wildman–Crippen LogP) is 17.0. The van der Waals surface area contributed by atoms with Crippen LogP contribution >= 0.6 is 11.3 Å². The number of nitrogens with zero attached hydrogens (tertiary/aromatic N) is 2. The van der Waals surface area contributed by atoms with E-state index in [1.807, 2.05) is 23.5 Å². The highest BCUT2D eigenvalue weighted by Crippen LogP contribution is 2.44. The molecule has 0 spiro atoms. The quantitative estimate of drug-likeness (QED) is 0.167. The van der Waals surface area contributed by atoms with Crippen molar-refractivity contribution >= 4 is 103 Å². The Morgan fingerprint density at radius 1 is 0.387 bits per heavy atom. The van der Waals surface area contributed by atoms with Crippen LogP contribution in [0, 0.1) is 0 Å². The van der Waals surface area contributed by atoms with Gasteiger partial charge in [0.1, 0.15) is 11.2 Å². The summed E-state index contributed by atoms with van der Waals surface area (Å²) in [6.07, 6.45) is 0. The van der Waals surface area contributed by atoms with Gasteiger partial charge in [-0.05, 0) is 100 Å². The van der Waals surface area contributed by atoms with E-state index in [1.54, 1.807) is 0 Å². The molecule has 0 saturated carbocycles. The van der Waals surface area contributed by atoms with Crippen LogP contribution < -0.4 is 4.90 Å². The summed E-state index contributed by atoms with van der Waals surface area (Å²) in [4.78, 5) is 2.36. The van der Waals surface area contributed by atoms with Gasteiger partial charge in [0.2, 0.25) is 0 Å². The summed E-state index contributed by atoms with van der Waals surface area (Å²) in [6, 6.07) is 79.2. The Kier molecular flexibility index (Phi) is 7.78. The van der Waals surface area contributed by atoms with E-state index in [-0.39, 0.29) is 0 Å². The van der Waals surface area contributed by atoms with Crippen molar-refractivity contribution in [2.45, 2.75) is 0 Å². The fourth-order valence-corrected chi connectivity index (χ4v) is 10.9. The largest absolute Gasteiger partial charge is 0.456 e. The third-order valence-corrected chi connectivity index (χ3v) is 13.8. The lowest BCUT2D eigenvalue weighted by Crippen LogP contribution is -2.09. The van der Waals surface area contributed by atoms with Crippen molar-refractivity contribution in [2.24, 2.45) is 0 Å². The van der Waals surface area contributed by atoms with Crippen molar-refractivity contribution < 1.29 is 4.42 Å². The number of para-hydroxylation sites is 2. The van der Waals surface area contributed by atoms with Crippen molar-refractivity contribution in [2.75, 3.05) is 4.90 Å². The van der Waals surface area contributed by atoms with E-state index in [4.69, 9.17) is 4.42 Å². The maximum absolute atomic E-state index is 6.27. The number of anilines is 3. The second-order valence-corrected chi connectivity index (χ2v) is 17.1. The molecule has 0 aliphatic heterocycles. The highest BCUT2D eigenvalue weighted by molar-refractivity contribution is 7.26. The first-order valence-corrected chi connectivity index (χ1v) is 21.9. The molecule has 0 amide bonds. The molecule has 3 aromatic heterocycles. The van der Waals surface area contributed by atoms with Gasteiger partial charge in [0.15, 0.2) is 0 Å². The highest BCUT2D eigenvalue weighted by Gasteiger charge is 2.19. The van der Waals surface area contributed by atoms with E-state index in [0.29, 0.717) is 0 Å². The molecule has 0 saturated heterocycles. The monoisotopic (exact) mass is 808 g/mol. The van der Waals surface area contributed by atoms with Gasteiger partial charge < -0.3 is 13.9 Å². The van der Waals surface area contributed by atoms with Crippen LogP contribution in [-0.4, -0.2) is 4.57 Å². The Bertz CT molecular complexity index is 3860. The summed E-state index contributed by atoms with van der Waals surface area (Å²) in [7, 11) is 0. The molecular formula is C58H36N2OS. The van der Waals surface area contributed by atoms with Crippen LogP contribution in [0.4, 0.5) is 17.1 Å². The molecule has 290 valence electrons. The van der Waals surface area contributed by atoms with Crippen LogP contribution in [0.5, 0.6) is 0 Å². The zero-order valence-corrected chi connectivity index (χ0v) is 34.3. The number of rotatable bonds is 6. The normalized spacial score (nSPS) is 11.9. The van der Waals surface area contributed by atoms with Crippen LogP contribution in [-0.2, 0) is 0 Å². The molecule has 13 aromatic rings. The maximum Gasteiger partial charge on any atom is 0.135 e. The molecular weight excluding hydrogens is 773 g/mol. The van der Waals surface area contributed by atoms with Crippen LogP contribution in [0.2, 0.25) is 0 Å². The second kappa shape index (κ2) is 13.8. The van der Waals surface area contributed by atoms with Crippen LogP contribution in [0.15, 0.2) is 223 Å². The molecule has 0 N–H and O–H groups in total. The van der Waals surface area contributed by atoms with Gasteiger partial charge in [0, 0.05) is 69.9 Å². The average molecular weight is 809 g/mol. The topological polar surface area (TPSA) is 21.3 Å². The summed E-state index contributed by atoms with van der Waals surface area (Å²) in [5.74, 6) is 0. The minimum atomic E-state index is 0.883. The summed E-state index contributed by atoms with van der Waals surface area (Å²) in [6.45, 7) is 0. The summed E-state index contributed by atoms with van der Waals surface area (Å²) in [5.41, 5.74) is 13.4. The lowest BCUT2D eigenvalue weighted by Gasteiger charge is -2.26. The zero-order valence-electron chi connectivity index (χ0n) is 33.5. The van der Waals surface area contributed by atoms with Crippen molar-refractivity contribution in [3.05, 3.63) is 218 Å². The van der Waals surface area contributed by atoms with Gasteiger partial charge in [-0.1, -0.05) is 146 Å². The van der Waals surface area contributed by atoms with Gasteiger partial charge in [0.25, 0.3) is 0 Å². The first-order chi connectivity index (χ1) is 30.7. The van der Waals surface area contributed by atoms with Crippen molar-refractivity contribution in [1.82, 2.24) is 4.57 Å². The van der Waals surface area contributed by atoms with Crippen molar-refractivity contribution in [1.29, 1.82) is 0 Å². The number of aromatic nitrogens is 1. The molecule has 0 unspecified atom stereocenters. The lowest BCUT2D eigenvalue weighted by atomic mass is 10.0. The summed E-state index contributed by atoms with van der Waals surface area (Å²) in [5, 5.41) is 9.83. The fourth-order valence-electron chi connectivity index (χ4n) is 9.67. The van der Waals surface area contributed by atoms with Crippen molar-refractivity contribution in [3.63, 3.8) is 0 Å². The molecule has 0 radical (unpaired) electrons. The number of thiophene rings is 1. The standard InChI is InChI=1S/C58H36N2OS/c1-2-12-41(13-3-1)60-53-35-40(26-32-47(53)50-33-25-38-11-4-5-14-45(38)57(50)60)37-21-27-42(28-22-37)59(44-31-34-55-52(36-44)48-15-6-8-19-54(48)61-55)43-29-23-39(24-30-43)46-17-10-18-51-49-16-7-9-20-56(49)62-58(46)51/h1-36H. The Balaban J connectivity index is 0.938. The van der Waals surface area contributed by atoms with Crippen LogP contribution in [0.25, 0.3) is 103 Å². The Morgan fingerprint density at radius 3 is 1.87 bits per heavy atom. The van der Waals surface area contributed by atoms with E-state index >= 15 is 0 Å². The first-order valence-electron chi connectivity index (χ1n) is 21.1. The van der Waals surface area contributed by atoms with Gasteiger partial charge in [-0.25, -0.2) is 0 Å². The molecule has 3 heterocycles. The number of furan rings is 1. The fraction of sp³-hybridized carbons (Fsp3) is 0. The van der Waals surface area contributed by atoms with Gasteiger partial charge in [-0.3, -0.25) is 0 Å². The smallest absolute Gasteiger partial charge is 0.135 e. The minimum Gasteiger partial charge on any atom is -0.456 e. The number of hydrogen-bond acceptors (Lipinski definition) is 3. The third kappa shape index (κ3) is 5.44. The van der Waals surface area contributed by atoms with E-state index in [0.717, 1.165) is 50.3 Å². The van der Waals surface area contributed by atoms with Gasteiger partial charge in [0.05, 0.1) is 11.0 Å². The Labute approximate surface area is 361 Å². The molecule has 62 heavy (non-hydrogen) atoms. The predicted molar refractivity (Wildman–Crippen MR) is 264 cm³/mol. The van der Waals surface area contributed by atoms with E-state index in [2.05, 4.69) is 216 Å². The van der Waals surface area contributed by atoms with Crippen molar-refractivity contribution in [3.8, 4) is 27.9 Å². The van der Waals surface area contributed by atoms with Crippen LogP contribution in [0.3, 0.4) is 0 Å².